The molecule has 1 amide bonds. The Hall–Kier alpha value is -2.23. The first kappa shape index (κ1) is 11.3. The molecule has 0 unspecified atom stereocenters. The molecular weight excluding hydrogens is 214 g/mol. The van der Waals surface area contributed by atoms with Crippen LogP contribution in [0, 0.1) is 6.92 Å². The summed E-state index contributed by atoms with van der Waals surface area (Å²) in [7, 11) is 1.75. The Bertz CT molecular complexity index is 545. The fraction of sp³-hybridized carbons (Fsp3) is 0.154. The lowest BCUT2D eigenvalue weighted by Crippen LogP contribution is -2.27. The number of benzene rings is 1. The first-order valence-corrected chi connectivity index (χ1v) is 5.37. The van der Waals surface area contributed by atoms with E-state index in [-0.39, 0.29) is 5.91 Å². The summed E-state index contributed by atoms with van der Waals surface area (Å²) in [6, 6.07) is 9.39. The summed E-state index contributed by atoms with van der Waals surface area (Å²) in [5.74, 6) is -0.101. The summed E-state index contributed by atoms with van der Waals surface area (Å²) in [5, 5.41) is 0. The van der Waals surface area contributed by atoms with E-state index in [9.17, 15) is 4.79 Å². The molecule has 1 aromatic heterocycles. The summed E-state index contributed by atoms with van der Waals surface area (Å²) in [4.78, 5) is 16.6. The van der Waals surface area contributed by atoms with E-state index in [1.165, 1.54) is 0 Å². The molecule has 0 spiro atoms. The van der Waals surface area contributed by atoms with E-state index in [4.69, 9.17) is 5.73 Å². The summed E-state index contributed by atoms with van der Waals surface area (Å²) >= 11 is 0. The van der Waals surface area contributed by atoms with Gasteiger partial charge in [0, 0.05) is 24.6 Å². The van der Waals surface area contributed by atoms with Gasteiger partial charge in [0.25, 0.3) is 5.91 Å². The molecule has 0 saturated heterocycles. The monoisotopic (exact) mass is 229 g/mol. The third-order valence-corrected chi connectivity index (χ3v) is 2.72. The van der Waals surface area contributed by atoms with E-state index in [0.29, 0.717) is 11.4 Å². The summed E-state index contributed by atoms with van der Waals surface area (Å²) < 4.78 is 0. The molecule has 0 atom stereocenters. The Labute approximate surface area is 100 Å². The molecule has 2 rings (SSSR count). The average Bonchev–Trinajstić information content (AvgIpc) is 2.75. The van der Waals surface area contributed by atoms with Crippen molar-refractivity contribution in [2.45, 2.75) is 6.92 Å². The number of hydrogen-bond donors (Lipinski definition) is 2. The number of amides is 1. The maximum Gasteiger partial charge on any atom is 0.274 e. The van der Waals surface area contributed by atoms with Crippen LogP contribution < -0.4 is 10.6 Å². The van der Waals surface area contributed by atoms with Gasteiger partial charge in [-0.25, -0.2) is 0 Å². The molecule has 0 aliphatic heterocycles. The molecule has 0 aliphatic carbocycles. The molecule has 4 heteroatoms. The van der Waals surface area contributed by atoms with Gasteiger partial charge in [-0.3, -0.25) is 4.79 Å². The molecular formula is C13H15N3O. The maximum atomic E-state index is 12.1. The number of nitrogen functional groups attached to an aromatic ring is 1. The minimum atomic E-state index is -0.101. The van der Waals surface area contributed by atoms with E-state index in [2.05, 4.69) is 4.98 Å². The van der Waals surface area contributed by atoms with Crippen molar-refractivity contribution >= 4 is 17.3 Å². The number of rotatable bonds is 2. The second kappa shape index (κ2) is 4.33. The molecule has 17 heavy (non-hydrogen) atoms. The number of hydrogen-bond acceptors (Lipinski definition) is 2. The van der Waals surface area contributed by atoms with Gasteiger partial charge >= 0.3 is 0 Å². The van der Waals surface area contributed by atoms with Crippen molar-refractivity contribution in [2.75, 3.05) is 17.7 Å². The van der Waals surface area contributed by atoms with E-state index in [1.807, 2.05) is 31.2 Å². The quantitative estimate of drug-likeness (QED) is 0.829. The number of H-pyrrole nitrogens is 1. The highest BCUT2D eigenvalue weighted by molar-refractivity contribution is 6.05. The lowest BCUT2D eigenvalue weighted by atomic mass is 10.2. The predicted molar refractivity (Wildman–Crippen MR) is 69.1 cm³/mol. The lowest BCUT2D eigenvalue weighted by Gasteiger charge is -2.18. The van der Waals surface area contributed by atoms with Gasteiger partial charge < -0.3 is 15.6 Å². The SMILES string of the molecule is Cc1ccccc1N(C)C(=O)c1cc(N)c[nH]1. The highest BCUT2D eigenvalue weighted by Crippen LogP contribution is 2.20. The van der Waals surface area contributed by atoms with Crippen LogP contribution in [0.5, 0.6) is 0 Å². The van der Waals surface area contributed by atoms with Crippen LogP contribution >= 0.6 is 0 Å². The number of nitrogens with two attached hydrogens (primary N) is 1. The summed E-state index contributed by atoms with van der Waals surface area (Å²) in [5.41, 5.74) is 8.59. The van der Waals surface area contributed by atoms with E-state index < -0.39 is 0 Å². The first-order valence-electron chi connectivity index (χ1n) is 5.37. The number of aromatic nitrogens is 1. The Kier molecular flexibility index (Phi) is 2.87. The van der Waals surface area contributed by atoms with Crippen LogP contribution in [0.1, 0.15) is 16.1 Å². The van der Waals surface area contributed by atoms with Crippen LogP contribution in [0.3, 0.4) is 0 Å². The fourth-order valence-electron chi connectivity index (χ4n) is 1.76. The minimum absolute atomic E-state index is 0.101. The van der Waals surface area contributed by atoms with Gasteiger partial charge in [0.05, 0.1) is 0 Å². The Morgan fingerprint density at radius 1 is 1.35 bits per heavy atom. The topological polar surface area (TPSA) is 62.1 Å². The smallest absolute Gasteiger partial charge is 0.274 e. The Balaban J connectivity index is 2.29. The minimum Gasteiger partial charge on any atom is -0.397 e. The third-order valence-electron chi connectivity index (χ3n) is 2.72. The van der Waals surface area contributed by atoms with Gasteiger partial charge in [-0.15, -0.1) is 0 Å². The standard InChI is InChI=1S/C13H15N3O/c1-9-5-3-4-6-12(9)16(2)13(17)11-7-10(14)8-15-11/h3-8,15H,14H2,1-2H3. The lowest BCUT2D eigenvalue weighted by molar-refractivity contribution is 0.0988. The maximum absolute atomic E-state index is 12.1. The highest BCUT2D eigenvalue weighted by atomic mass is 16.2. The van der Waals surface area contributed by atoms with Crippen molar-refractivity contribution in [3.8, 4) is 0 Å². The number of aromatic amines is 1. The molecule has 1 heterocycles. The molecule has 3 N–H and O–H groups in total. The largest absolute Gasteiger partial charge is 0.397 e. The van der Waals surface area contributed by atoms with Crippen LogP contribution in [0.4, 0.5) is 11.4 Å². The number of anilines is 2. The number of carbonyl (C=O) groups is 1. The Morgan fingerprint density at radius 2 is 2.06 bits per heavy atom. The molecule has 0 fully saturated rings. The fourth-order valence-corrected chi connectivity index (χ4v) is 1.76. The zero-order valence-corrected chi connectivity index (χ0v) is 9.90. The van der Waals surface area contributed by atoms with Crippen LogP contribution in [-0.2, 0) is 0 Å². The second-order valence-corrected chi connectivity index (χ2v) is 4.00. The molecule has 88 valence electrons. The van der Waals surface area contributed by atoms with Crippen LogP contribution in [0.15, 0.2) is 36.5 Å². The summed E-state index contributed by atoms with van der Waals surface area (Å²) in [6.07, 6.45) is 1.61. The molecule has 0 bridgehead atoms. The van der Waals surface area contributed by atoms with Gasteiger partial charge in [0.2, 0.25) is 0 Å². The number of carbonyl (C=O) groups excluding carboxylic acids is 1. The first-order chi connectivity index (χ1) is 8.09. The van der Waals surface area contributed by atoms with Crippen molar-refractivity contribution in [3.63, 3.8) is 0 Å². The molecule has 1 aromatic carbocycles. The highest BCUT2D eigenvalue weighted by Gasteiger charge is 2.15. The Morgan fingerprint density at radius 3 is 2.65 bits per heavy atom. The van der Waals surface area contributed by atoms with Crippen molar-refractivity contribution in [2.24, 2.45) is 0 Å². The van der Waals surface area contributed by atoms with Crippen LogP contribution in [-0.4, -0.2) is 17.9 Å². The van der Waals surface area contributed by atoms with E-state index >= 15 is 0 Å². The number of para-hydroxylation sites is 1. The normalized spacial score (nSPS) is 10.2. The van der Waals surface area contributed by atoms with E-state index in [1.54, 1.807) is 24.2 Å². The van der Waals surface area contributed by atoms with Gasteiger partial charge in [-0.1, -0.05) is 18.2 Å². The molecule has 0 aliphatic rings. The van der Waals surface area contributed by atoms with Gasteiger partial charge in [-0.2, -0.15) is 0 Å². The van der Waals surface area contributed by atoms with Crippen LogP contribution in [0.25, 0.3) is 0 Å². The molecule has 0 saturated carbocycles. The third kappa shape index (κ3) is 2.15. The van der Waals surface area contributed by atoms with Gasteiger partial charge in [0.15, 0.2) is 0 Å². The van der Waals surface area contributed by atoms with Gasteiger partial charge in [-0.05, 0) is 24.6 Å². The molecule has 0 radical (unpaired) electrons. The zero-order chi connectivity index (χ0) is 12.4. The number of nitrogens with one attached hydrogen (secondary N) is 1. The number of nitrogens with zero attached hydrogens (tertiary/aromatic N) is 1. The van der Waals surface area contributed by atoms with Crippen LogP contribution in [0.2, 0.25) is 0 Å². The van der Waals surface area contributed by atoms with Crippen molar-refractivity contribution in [1.82, 2.24) is 4.98 Å². The zero-order valence-electron chi connectivity index (χ0n) is 9.90. The van der Waals surface area contributed by atoms with Gasteiger partial charge in [0.1, 0.15) is 5.69 Å². The van der Waals surface area contributed by atoms with Crippen molar-refractivity contribution < 1.29 is 4.79 Å². The van der Waals surface area contributed by atoms with Crippen molar-refractivity contribution in [3.05, 3.63) is 47.8 Å². The van der Waals surface area contributed by atoms with Crippen molar-refractivity contribution in [1.29, 1.82) is 0 Å². The molecule has 4 nitrogen and oxygen atoms in total. The number of aryl methyl sites for hydroxylation is 1. The molecule has 2 aromatic rings. The average molecular weight is 229 g/mol. The van der Waals surface area contributed by atoms with E-state index in [0.717, 1.165) is 11.3 Å². The predicted octanol–water partition coefficient (Wildman–Crippen LogP) is 2.18. The summed E-state index contributed by atoms with van der Waals surface area (Å²) in [6.45, 7) is 1.97. The second-order valence-electron chi connectivity index (χ2n) is 4.00.